The fourth-order valence-corrected chi connectivity index (χ4v) is 5.07. The molecular formula is C21H23N3O4S. The molecule has 2 heterocycles. The zero-order valence-electron chi connectivity index (χ0n) is 16.4. The van der Waals surface area contributed by atoms with Gasteiger partial charge in [-0.05, 0) is 44.0 Å². The van der Waals surface area contributed by atoms with Crippen molar-refractivity contribution in [2.24, 2.45) is 0 Å². The second kappa shape index (κ2) is 7.96. The molecule has 1 fully saturated rings. The summed E-state index contributed by atoms with van der Waals surface area (Å²) < 4.78 is 38.0. The summed E-state index contributed by atoms with van der Waals surface area (Å²) >= 11 is 0. The molecule has 1 saturated heterocycles. The Morgan fingerprint density at radius 2 is 1.86 bits per heavy atom. The smallest absolute Gasteiger partial charge is 0.257 e. The highest BCUT2D eigenvalue weighted by Gasteiger charge is 2.32. The molecule has 7 nitrogen and oxygen atoms in total. The molecule has 0 unspecified atom stereocenters. The van der Waals surface area contributed by atoms with Gasteiger partial charge in [0.25, 0.3) is 5.89 Å². The highest BCUT2D eigenvalue weighted by molar-refractivity contribution is 7.89. The molecule has 0 amide bonds. The number of aromatic nitrogens is 2. The number of benzene rings is 2. The minimum absolute atomic E-state index is 0.0778. The van der Waals surface area contributed by atoms with Crippen LogP contribution in [0.3, 0.4) is 0 Å². The Hall–Kier alpha value is -2.71. The molecule has 29 heavy (non-hydrogen) atoms. The van der Waals surface area contributed by atoms with Gasteiger partial charge in [-0.3, -0.25) is 0 Å². The first-order valence-electron chi connectivity index (χ1n) is 9.52. The van der Waals surface area contributed by atoms with E-state index in [9.17, 15) is 8.42 Å². The Bertz CT molecular complexity index is 1100. The minimum atomic E-state index is -3.55. The van der Waals surface area contributed by atoms with Crippen LogP contribution in [0.15, 0.2) is 57.9 Å². The van der Waals surface area contributed by atoms with Crippen molar-refractivity contribution in [1.29, 1.82) is 0 Å². The van der Waals surface area contributed by atoms with Crippen LogP contribution in [0.5, 0.6) is 5.75 Å². The lowest BCUT2D eigenvalue weighted by atomic mass is 9.97. The zero-order valence-corrected chi connectivity index (χ0v) is 17.2. The summed E-state index contributed by atoms with van der Waals surface area (Å²) in [5.41, 5.74) is 2.01. The van der Waals surface area contributed by atoms with Crippen LogP contribution < -0.4 is 4.74 Å². The quantitative estimate of drug-likeness (QED) is 0.635. The molecule has 0 aliphatic carbocycles. The van der Waals surface area contributed by atoms with Gasteiger partial charge in [-0.2, -0.15) is 9.29 Å². The minimum Gasteiger partial charge on any atom is -0.497 e. The Morgan fingerprint density at radius 3 is 2.59 bits per heavy atom. The molecule has 2 aromatic carbocycles. The van der Waals surface area contributed by atoms with Crippen molar-refractivity contribution < 1.29 is 17.7 Å². The Balaban J connectivity index is 1.46. The summed E-state index contributed by atoms with van der Waals surface area (Å²) in [6, 6.07) is 14.5. The topological polar surface area (TPSA) is 85.5 Å². The van der Waals surface area contributed by atoms with E-state index in [0.29, 0.717) is 43.4 Å². The largest absolute Gasteiger partial charge is 0.497 e. The maximum Gasteiger partial charge on any atom is 0.257 e. The number of hydrogen-bond acceptors (Lipinski definition) is 6. The molecule has 1 aliphatic heterocycles. The maximum absolute atomic E-state index is 12.9. The molecular weight excluding hydrogens is 390 g/mol. The third-order valence-corrected chi connectivity index (χ3v) is 7.10. The maximum atomic E-state index is 12.9. The Labute approximate surface area is 170 Å². The van der Waals surface area contributed by atoms with Gasteiger partial charge in [-0.15, -0.1) is 0 Å². The summed E-state index contributed by atoms with van der Waals surface area (Å²) in [5.74, 6) is 1.74. The summed E-state index contributed by atoms with van der Waals surface area (Å²) in [4.78, 5) is 4.80. The van der Waals surface area contributed by atoms with E-state index < -0.39 is 10.0 Å². The number of methoxy groups -OCH3 is 1. The fraction of sp³-hybridized carbons (Fsp3) is 0.333. The van der Waals surface area contributed by atoms with Crippen LogP contribution >= 0.6 is 0 Å². The number of rotatable bonds is 5. The monoisotopic (exact) mass is 413 g/mol. The first-order valence-corrected chi connectivity index (χ1v) is 11.0. The van der Waals surface area contributed by atoms with E-state index >= 15 is 0 Å². The normalized spacial score (nSPS) is 16.1. The first-order chi connectivity index (χ1) is 14.0. The molecule has 4 rings (SSSR count). The van der Waals surface area contributed by atoms with Gasteiger partial charge in [0.2, 0.25) is 10.0 Å². The van der Waals surface area contributed by atoms with Crippen molar-refractivity contribution in [3.8, 4) is 17.2 Å². The SMILES string of the molecule is COc1cccc(S(=O)(=O)N2CCC(c3noc(-c4cccc(C)c4)n3)CC2)c1. The van der Waals surface area contributed by atoms with Crippen molar-refractivity contribution in [3.05, 3.63) is 59.9 Å². The molecule has 8 heteroatoms. The molecule has 0 radical (unpaired) electrons. The van der Waals surface area contributed by atoms with E-state index in [1.165, 1.54) is 11.4 Å². The third kappa shape index (κ3) is 4.04. The molecule has 0 bridgehead atoms. The summed E-state index contributed by atoms with van der Waals surface area (Å²) in [7, 11) is -2.03. The molecule has 1 aliphatic rings. The zero-order chi connectivity index (χ0) is 20.4. The fourth-order valence-electron chi connectivity index (χ4n) is 3.56. The lowest BCUT2D eigenvalue weighted by Crippen LogP contribution is -2.38. The molecule has 0 spiro atoms. The van der Waals surface area contributed by atoms with Gasteiger partial charge in [0.05, 0.1) is 12.0 Å². The Morgan fingerprint density at radius 1 is 1.10 bits per heavy atom. The predicted molar refractivity (Wildman–Crippen MR) is 108 cm³/mol. The standard InChI is InChI=1S/C21H23N3O4S/c1-15-5-3-6-17(13-15)21-22-20(23-28-21)16-9-11-24(12-10-16)29(25,26)19-8-4-7-18(14-19)27-2/h3-8,13-14,16H,9-12H2,1-2H3. The molecule has 0 atom stereocenters. The van der Waals surface area contributed by atoms with Crippen molar-refractivity contribution in [1.82, 2.24) is 14.4 Å². The van der Waals surface area contributed by atoms with Gasteiger partial charge in [-0.25, -0.2) is 8.42 Å². The van der Waals surface area contributed by atoms with Crippen LogP contribution in [0, 0.1) is 6.92 Å². The van der Waals surface area contributed by atoms with E-state index in [0.717, 1.165) is 11.1 Å². The number of sulfonamides is 1. The summed E-state index contributed by atoms with van der Waals surface area (Å²) in [6.45, 7) is 2.84. The Kier molecular flexibility index (Phi) is 5.38. The molecule has 0 saturated carbocycles. The molecule has 3 aromatic rings. The van der Waals surface area contributed by atoms with E-state index in [1.54, 1.807) is 24.3 Å². The second-order valence-electron chi connectivity index (χ2n) is 7.18. The molecule has 152 valence electrons. The second-order valence-corrected chi connectivity index (χ2v) is 9.12. The van der Waals surface area contributed by atoms with E-state index in [1.807, 2.05) is 31.2 Å². The van der Waals surface area contributed by atoms with Crippen LogP contribution in [-0.2, 0) is 10.0 Å². The average Bonchev–Trinajstić information content (AvgIpc) is 3.24. The summed E-state index contributed by atoms with van der Waals surface area (Å²) in [5, 5.41) is 4.14. The average molecular weight is 413 g/mol. The lowest BCUT2D eigenvalue weighted by Gasteiger charge is -2.29. The molecule has 0 N–H and O–H groups in total. The van der Waals surface area contributed by atoms with Crippen LogP contribution in [0.2, 0.25) is 0 Å². The van der Waals surface area contributed by atoms with E-state index in [-0.39, 0.29) is 10.8 Å². The first kappa shape index (κ1) is 19.6. The van der Waals surface area contributed by atoms with Gasteiger partial charge >= 0.3 is 0 Å². The van der Waals surface area contributed by atoms with Crippen molar-refractivity contribution in [2.45, 2.75) is 30.6 Å². The molecule has 1 aromatic heterocycles. The number of hydrogen-bond donors (Lipinski definition) is 0. The highest BCUT2D eigenvalue weighted by atomic mass is 32.2. The van der Waals surface area contributed by atoms with Crippen LogP contribution in [0.25, 0.3) is 11.5 Å². The van der Waals surface area contributed by atoms with E-state index in [2.05, 4.69) is 10.1 Å². The lowest BCUT2D eigenvalue weighted by molar-refractivity contribution is 0.307. The number of nitrogens with zero attached hydrogens (tertiary/aromatic N) is 3. The van der Waals surface area contributed by atoms with Crippen LogP contribution in [0.4, 0.5) is 0 Å². The number of ether oxygens (including phenoxy) is 1. The van der Waals surface area contributed by atoms with Crippen molar-refractivity contribution in [2.75, 3.05) is 20.2 Å². The van der Waals surface area contributed by atoms with Gasteiger partial charge < -0.3 is 9.26 Å². The highest BCUT2D eigenvalue weighted by Crippen LogP contribution is 2.31. The van der Waals surface area contributed by atoms with Gasteiger partial charge in [0.15, 0.2) is 5.82 Å². The van der Waals surface area contributed by atoms with Crippen molar-refractivity contribution in [3.63, 3.8) is 0 Å². The summed E-state index contributed by atoms with van der Waals surface area (Å²) in [6.07, 6.45) is 1.30. The van der Waals surface area contributed by atoms with E-state index in [4.69, 9.17) is 9.26 Å². The number of piperidine rings is 1. The number of aryl methyl sites for hydroxylation is 1. The van der Waals surface area contributed by atoms with Crippen molar-refractivity contribution >= 4 is 10.0 Å². The van der Waals surface area contributed by atoms with Gasteiger partial charge in [0, 0.05) is 30.6 Å². The van der Waals surface area contributed by atoms with Crippen LogP contribution in [-0.4, -0.2) is 43.1 Å². The predicted octanol–water partition coefficient (Wildman–Crippen LogP) is 3.62. The van der Waals surface area contributed by atoms with Crippen LogP contribution in [0.1, 0.15) is 30.1 Å². The van der Waals surface area contributed by atoms with Gasteiger partial charge in [-0.1, -0.05) is 28.9 Å². The van der Waals surface area contributed by atoms with Gasteiger partial charge in [0.1, 0.15) is 5.75 Å². The third-order valence-electron chi connectivity index (χ3n) is 5.20.